The third-order valence-corrected chi connectivity index (χ3v) is 3.46. The molecule has 1 aromatic rings. The standard InChI is InChI=1S/C13H20N2/c1-2-13(14)10-15-8-7-11-5-3-4-6-12(11)9-15/h3-6,13H,2,7-10,14H2,1H3/p+2/t13-/m1/s1. The number of nitrogens with one attached hydrogen (secondary N) is 1. The van der Waals surface area contributed by atoms with Gasteiger partial charge in [0.1, 0.15) is 19.1 Å². The summed E-state index contributed by atoms with van der Waals surface area (Å²) in [6.07, 6.45) is 2.44. The van der Waals surface area contributed by atoms with Crippen molar-refractivity contribution >= 4 is 0 Å². The van der Waals surface area contributed by atoms with Gasteiger partial charge in [0, 0.05) is 18.4 Å². The molecule has 0 amide bonds. The van der Waals surface area contributed by atoms with E-state index in [-0.39, 0.29) is 0 Å². The smallest absolute Gasteiger partial charge is 0.134 e. The van der Waals surface area contributed by atoms with Crippen LogP contribution >= 0.6 is 0 Å². The van der Waals surface area contributed by atoms with Crippen LogP contribution < -0.4 is 10.6 Å². The highest BCUT2D eigenvalue weighted by molar-refractivity contribution is 5.27. The molecule has 2 nitrogen and oxygen atoms in total. The van der Waals surface area contributed by atoms with Crippen molar-refractivity contribution in [3.8, 4) is 0 Å². The molecule has 1 heterocycles. The second-order valence-electron chi connectivity index (χ2n) is 4.67. The van der Waals surface area contributed by atoms with Gasteiger partial charge in [-0.25, -0.2) is 0 Å². The summed E-state index contributed by atoms with van der Waals surface area (Å²) in [4.78, 5) is 1.70. The van der Waals surface area contributed by atoms with Crippen molar-refractivity contribution in [1.82, 2.24) is 0 Å². The maximum atomic E-state index is 4.19. The van der Waals surface area contributed by atoms with Crippen LogP contribution in [0.5, 0.6) is 0 Å². The van der Waals surface area contributed by atoms with E-state index in [1.54, 1.807) is 16.0 Å². The van der Waals surface area contributed by atoms with Crippen molar-refractivity contribution in [2.75, 3.05) is 13.1 Å². The van der Waals surface area contributed by atoms with E-state index in [1.807, 2.05) is 0 Å². The van der Waals surface area contributed by atoms with E-state index in [0.29, 0.717) is 6.04 Å². The van der Waals surface area contributed by atoms with Gasteiger partial charge in [-0.15, -0.1) is 0 Å². The average molecular weight is 206 g/mol. The van der Waals surface area contributed by atoms with E-state index in [1.165, 1.54) is 32.5 Å². The lowest BCUT2D eigenvalue weighted by atomic mass is 9.99. The largest absolute Gasteiger partial charge is 0.350 e. The van der Waals surface area contributed by atoms with Gasteiger partial charge in [0.2, 0.25) is 0 Å². The van der Waals surface area contributed by atoms with Crippen LogP contribution in [0.1, 0.15) is 24.5 Å². The summed E-state index contributed by atoms with van der Waals surface area (Å²) >= 11 is 0. The first-order valence-electron chi connectivity index (χ1n) is 6.03. The lowest BCUT2D eigenvalue weighted by Gasteiger charge is -2.26. The molecule has 0 spiro atoms. The van der Waals surface area contributed by atoms with Crippen molar-refractivity contribution in [3.05, 3.63) is 35.4 Å². The maximum absolute atomic E-state index is 4.19. The molecular formula is C13H22N2+2. The van der Waals surface area contributed by atoms with Gasteiger partial charge < -0.3 is 10.6 Å². The van der Waals surface area contributed by atoms with Crippen molar-refractivity contribution in [2.24, 2.45) is 0 Å². The molecule has 0 saturated heterocycles. The Morgan fingerprint density at radius 3 is 2.80 bits per heavy atom. The van der Waals surface area contributed by atoms with E-state index in [2.05, 4.69) is 36.9 Å². The number of rotatable bonds is 3. The van der Waals surface area contributed by atoms with E-state index >= 15 is 0 Å². The molecule has 0 fully saturated rings. The maximum Gasteiger partial charge on any atom is 0.134 e. The summed E-state index contributed by atoms with van der Waals surface area (Å²) in [5.74, 6) is 0. The number of fused-ring (bicyclic) bond motifs is 1. The van der Waals surface area contributed by atoms with Crippen LogP contribution in [-0.2, 0) is 13.0 Å². The topological polar surface area (TPSA) is 32.1 Å². The first kappa shape index (κ1) is 10.7. The van der Waals surface area contributed by atoms with Gasteiger partial charge in [-0.1, -0.05) is 31.2 Å². The Bertz CT molecular complexity index is 322. The molecular weight excluding hydrogens is 184 g/mol. The van der Waals surface area contributed by atoms with Crippen molar-refractivity contribution in [3.63, 3.8) is 0 Å². The van der Waals surface area contributed by atoms with Gasteiger partial charge in [-0.3, -0.25) is 0 Å². The molecule has 82 valence electrons. The Kier molecular flexibility index (Phi) is 3.39. The lowest BCUT2D eigenvalue weighted by molar-refractivity contribution is -0.924. The van der Waals surface area contributed by atoms with Crippen LogP contribution in [-0.4, -0.2) is 19.1 Å². The molecule has 2 heteroatoms. The fourth-order valence-corrected chi connectivity index (χ4v) is 2.37. The fraction of sp³-hybridized carbons (Fsp3) is 0.538. The van der Waals surface area contributed by atoms with Crippen LogP contribution in [0.15, 0.2) is 24.3 Å². The number of quaternary nitrogens is 2. The highest BCUT2D eigenvalue weighted by atomic mass is 15.1. The van der Waals surface area contributed by atoms with Gasteiger partial charge in [0.15, 0.2) is 0 Å². The van der Waals surface area contributed by atoms with E-state index < -0.39 is 0 Å². The molecule has 2 atom stereocenters. The highest BCUT2D eigenvalue weighted by Gasteiger charge is 2.21. The summed E-state index contributed by atoms with van der Waals surface area (Å²) in [5.41, 5.74) is 7.28. The van der Waals surface area contributed by atoms with Crippen molar-refractivity contribution < 1.29 is 10.6 Å². The Morgan fingerprint density at radius 2 is 2.07 bits per heavy atom. The van der Waals surface area contributed by atoms with E-state index in [9.17, 15) is 0 Å². The first-order valence-corrected chi connectivity index (χ1v) is 6.03. The third kappa shape index (κ3) is 2.58. The summed E-state index contributed by atoms with van der Waals surface area (Å²) in [5, 5.41) is 0. The molecule has 1 aliphatic heterocycles. The Labute approximate surface area is 92.1 Å². The number of benzene rings is 1. The predicted octanol–water partition coefficient (Wildman–Crippen LogP) is -0.352. The molecule has 0 aliphatic carbocycles. The second kappa shape index (κ2) is 4.77. The molecule has 1 unspecified atom stereocenters. The molecule has 1 aliphatic rings. The monoisotopic (exact) mass is 206 g/mol. The molecule has 1 aromatic carbocycles. The fourth-order valence-electron chi connectivity index (χ4n) is 2.37. The zero-order valence-corrected chi connectivity index (χ0v) is 9.63. The molecule has 0 radical (unpaired) electrons. The normalized spacial score (nSPS) is 22.1. The molecule has 0 aromatic heterocycles. The van der Waals surface area contributed by atoms with Crippen molar-refractivity contribution in [1.29, 1.82) is 0 Å². The zero-order valence-electron chi connectivity index (χ0n) is 9.63. The third-order valence-electron chi connectivity index (χ3n) is 3.46. The lowest BCUT2D eigenvalue weighted by Crippen LogP contribution is -3.14. The van der Waals surface area contributed by atoms with Crippen LogP contribution in [0.4, 0.5) is 0 Å². The van der Waals surface area contributed by atoms with Gasteiger partial charge in [-0.2, -0.15) is 0 Å². The van der Waals surface area contributed by atoms with Gasteiger partial charge in [0.25, 0.3) is 0 Å². The Hall–Kier alpha value is -0.860. The van der Waals surface area contributed by atoms with Crippen LogP contribution in [0.3, 0.4) is 0 Å². The van der Waals surface area contributed by atoms with Gasteiger partial charge in [0.05, 0.1) is 6.54 Å². The summed E-state index contributed by atoms with van der Waals surface area (Å²) in [7, 11) is 0. The summed E-state index contributed by atoms with van der Waals surface area (Å²) < 4.78 is 0. The van der Waals surface area contributed by atoms with Crippen LogP contribution in [0.2, 0.25) is 0 Å². The minimum Gasteiger partial charge on any atom is -0.350 e. The van der Waals surface area contributed by atoms with Crippen LogP contribution in [0.25, 0.3) is 0 Å². The minimum atomic E-state index is 0.616. The van der Waals surface area contributed by atoms with E-state index in [4.69, 9.17) is 0 Å². The van der Waals surface area contributed by atoms with E-state index in [0.717, 1.165) is 0 Å². The number of hydrogen-bond donors (Lipinski definition) is 2. The molecule has 0 bridgehead atoms. The molecule has 4 N–H and O–H groups in total. The molecule has 0 saturated carbocycles. The molecule has 15 heavy (non-hydrogen) atoms. The Balaban J connectivity index is 1.99. The zero-order chi connectivity index (χ0) is 10.7. The van der Waals surface area contributed by atoms with Crippen LogP contribution in [0, 0.1) is 0 Å². The summed E-state index contributed by atoms with van der Waals surface area (Å²) in [6.45, 7) is 5.94. The average Bonchev–Trinajstić information content (AvgIpc) is 2.29. The Morgan fingerprint density at radius 1 is 1.33 bits per heavy atom. The number of hydrogen-bond acceptors (Lipinski definition) is 0. The SMILES string of the molecule is CC[C@@H]([NH3+])C[NH+]1CCc2ccccc2C1. The highest BCUT2D eigenvalue weighted by Crippen LogP contribution is 2.10. The first-order chi connectivity index (χ1) is 7.29. The molecule has 2 rings (SSSR count). The van der Waals surface area contributed by atoms with Gasteiger partial charge in [-0.05, 0) is 5.56 Å². The summed E-state index contributed by atoms with van der Waals surface area (Å²) in [6, 6.07) is 9.47. The van der Waals surface area contributed by atoms with Gasteiger partial charge >= 0.3 is 0 Å². The quantitative estimate of drug-likeness (QED) is 0.677. The second-order valence-corrected chi connectivity index (χ2v) is 4.67. The van der Waals surface area contributed by atoms with Crippen molar-refractivity contribution in [2.45, 2.75) is 32.4 Å². The predicted molar refractivity (Wildman–Crippen MR) is 61.5 cm³/mol. The minimum absolute atomic E-state index is 0.616.